The second-order valence-corrected chi connectivity index (χ2v) is 7.75. The number of aliphatic hydroxyl groups excluding tert-OH is 1. The third-order valence-corrected chi connectivity index (χ3v) is 5.37. The van der Waals surface area contributed by atoms with Gasteiger partial charge in [0.05, 0.1) is 20.9 Å². The first kappa shape index (κ1) is 21.1. The van der Waals surface area contributed by atoms with Gasteiger partial charge in [-0.3, -0.25) is 20.2 Å². The number of benzene rings is 3. The third kappa shape index (κ3) is 4.06. The molecule has 0 aliphatic heterocycles. The number of nitro groups is 2. The predicted octanol–water partition coefficient (Wildman–Crippen LogP) is 6.54. The molecule has 158 valence electrons. The lowest BCUT2D eigenvalue weighted by Gasteiger charge is -2.11. The van der Waals surface area contributed by atoms with E-state index in [4.69, 9.17) is 0 Å². The first-order valence-corrected chi connectivity index (χ1v) is 10.1. The van der Waals surface area contributed by atoms with Crippen molar-refractivity contribution in [3.8, 4) is 11.1 Å². The highest BCUT2D eigenvalue weighted by molar-refractivity contribution is 9.10. The molecule has 1 aromatic heterocycles. The number of nitrogens with zero attached hydrogens (tertiary/aromatic N) is 3. The van der Waals surface area contributed by atoms with E-state index in [0.29, 0.717) is 16.6 Å². The summed E-state index contributed by atoms with van der Waals surface area (Å²) in [4.78, 5) is 26.7. The summed E-state index contributed by atoms with van der Waals surface area (Å²) in [7, 11) is 0. The van der Waals surface area contributed by atoms with E-state index in [9.17, 15) is 25.3 Å². The number of nitro benzene ring substituents is 1. The van der Waals surface area contributed by atoms with Gasteiger partial charge < -0.3 is 5.11 Å². The lowest BCUT2D eigenvalue weighted by molar-refractivity contribution is -0.385. The van der Waals surface area contributed by atoms with Gasteiger partial charge in [-0.15, -0.1) is 0 Å². The quantitative estimate of drug-likeness (QED) is 0.192. The van der Waals surface area contributed by atoms with E-state index in [0.717, 1.165) is 4.47 Å². The molecular formula is C23H14BrN3O5. The summed E-state index contributed by atoms with van der Waals surface area (Å²) >= 11 is 3.32. The second-order valence-electron chi connectivity index (χ2n) is 6.84. The number of halogens is 1. The van der Waals surface area contributed by atoms with E-state index in [1.54, 1.807) is 54.6 Å². The molecule has 0 saturated heterocycles. The Kier molecular flexibility index (Phi) is 5.65. The van der Waals surface area contributed by atoms with Crippen molar-refractivity contribution in [2.24, 2.45) is 0 Å². The summed E-state index contributed by atoms with van der Waals surface area (Å²) in [5, 5.41) is 34.4. The standard InChI is InChI=1S/C23H14BrN3O5/c24-16-8-6-14(7-9-16)21(28)13-20-23(27(31)32)22(15-4-2-1-3-5-15)18-12-17(26(29)30)10-11-19(18)25-20/h1-13,28H. The van der Waals surface area contributed by atoms with E-state index in [1.807, 2.05) is 0 Å². The average molecular weight is 492 g/mol. The lowest BCUT2D eigenvalue weighted by atomic mass is 9.97. The molecular weight excluding hydrogens is 478 g/mol. The predicted molar refractivity (Wildman–Crippen MR) is 125 cm³/mol. The maximum Gasteiger partial charge on any atom is 0.303 e. The third-order valence-electron chi connectivity index (χ3n) is 4.84. The molecule has 0 radical (unpaired) electrons. The fourth-order valence-corrected chi connectivity index (χ4v) is 3.65. The molecule has 0 amide bonds. The van der Waals surface area contributed by atoms with Crippen LogP contribution in [0.5, 0.6) is 0 Å². The Labute approximate surface area is 189 Å². The van der Waals surface area contributed by atoms with Gasteiger partial charge in [0.1, 0.15) is 11.5 Å². The minimum atomic E-state index is -0.589. The van der Waals surface area contributed by atoms with Gasteiger partial charge in [-0.1, -0.05) is 58.4 Å². The molecule has 9 heteroatoms. The van der Waals surface area contributed by atoms with Crippen LogP contribution in [-0.2, 0) is 0 Å². The van der Waals surface area contributed by atoms with Crippen LogP contribution in [0.2, 0.25) is 0 Å². The van der Waals surface area contributed by atoms with E-state index < -0.39 is 9.85 Å². The largest absolute Gasteiger partial charge is 0.507 e. The highest BCUT2D eigenvalue weighted by Crippen LogP contribution is 2.40. The van der Waals surface area contributed by atoms with E-state index in [-0.39, 0.29) is 33.8 Å². The molecule has 0 fully saturated rings. The summed E-state index contributed by atoms with van der Waals surface area (Å²) in [6, 6.07) is 19.4. The molecule has 0 atom stereocenters. The van der Waals surface area contributed by atoms with Gasteiger partial charge in [0.2, 0.25) is 0 Å². The zero-order valence-corrected chi connectivity index (χ0v) is 17.9. The first-order chi connectivity index (χ1) is 15.3. The van der Waals surface area contributed by atoms with Crippen molar-refractivity contribution >= 4 is 50.0 Å². The summed E-state index contributed by atoms with van der Waals surface area (Å²) in [6.07, 6.45) is 1.23. The molecule has 1 N–H and O–H groups in total. The Bertz CT molecular complexity index is 1390. The van der Waals surface area contributed by atoms with Crippen LogP contribution in [0.1, 0.15) is 11.3 Å². The molecule has 32 heavy (non-hydrogen) atoms. The number of hydrogen-bond donors (Lipinski definition) is 1. The Hall–Kier alpha value is -4.11. The molecule has 0 saturated carbocycles. The highest BCUT2D eigenvalue weighted by atomic mass is 79.9. The van der Waals surface area contributed by atoms with Crippen molar-refractivity contribution in [3.63, 3.8) is 0 Å². The zero-order chi connectivity index (χ0) is 22.8. The van der Waals surface area contributed by atoms with Crippen molar-refractivity contribution in [2.75, 3.05) is 0 Å². The summed E-state index contributed by atoms with van der Waals surface area (Å²) in [5.41, 5.74) is 0.864. The maximum absolute atomic E-state index is 12.2. The highest BCUT2D eigenvalue weighted by Gasteiger charge is 2.26. The number of rotatable bonds is 5. The maximum atomic E-state index is 12.2. The van der Waals surface area contributed by atoms with Crippen LogP contribution in [-0.4, -0.2) is 19.9 Å². The van der Waals surface area contributed by atoms with Crippen molar-refractivity contribution in [1.29, 1.82) is 0 Å². The molecule has 1 heterocycles. The van der Waals surface area contributed by atoms with Crippen LogP contribution >= 0.6 is 15.9 Å². The van der Waals surface area contributed by atoms with Gasteiger partial charge in [0.25, 0.3) is 5.69 Å². The van der Waals surface area contributed by atoms with Gasteiger partial charge >= 0.3 is 5.69 Å². The van der Waals surface area contributed by atoms with E-state index in [1.165, 1.54) is 24.3 Å². The summed E-state index contributed by atoms with van der Waals surface area (Å²) in [5.74, 6) is -0.201. The Morgan fingerprint density at radius 3 is 2.25 bits per heavy atom. The fraction of sp³-hybridized carbons (Fsp3) is 0. The van der Waals surface area contributed by atoms with Gasteiger partial charge in [-0.25, -0.2) is 4.98 Å². The normalized spacial score (nSPS) is 11.5. The molecule has 0 aliphatic carbocycles. The minimum Gasteiger partial charge on any atom is -0.507 e. The van der Waals surface area contributed by atoms with Crippen LogP contribution in [0.15, 0.2) is 77.3 Å². The number of aliphatic hydroxyl groups is 1. The number of aromatic nitrogens is 1. The lowest BCUT2D eigenvalue weighted by Crippen LogP contribution is -2.01. The Morgan fingerprint density at radius 2 is 1.62 bits per heavy atom. The molecule has 0 aliphatic rings. The molecule has 0 spiro atoms. The number of pyridine rings is 1. The van der Waals surface area contributed by atoms with Gasteiger partial charge in [-0.2, -0.15) is 0 Å². The molecule has 3 aromatic carbocycles. The Morgan fingerprint density at radius 1 is 0.938 bits per heavy atom. The average Bonchev–Trinajstić information content (AvgIpc) is 2.78. The number of hydrogen-bond acceptors (Lipinski definition) is 6. The molecule has 0 bridgehead atoms. The SMILES string of the molecule is O=[N+]([O-])c1ccc2nc(C=C(O)c3ccc(Br)cc3)c([N+](=O)[O-])c(-c3ccccc3)c2c1. The monoisotopic (exact) mass is 491 g/mol. The molecule has 4 aromatic rings. The van der Waals surface area contributed by atoms with Crippen LogP contribution in [0.3, 0.4) is 0 Å². The van der Waals surface area contributed by atoms with Gasteiger partial charge in [-0.05, 0) is 23.8 Å². The van der Waals surface area contributed by atoms with Crippen LogP contribution in [0.25, 0.3) is 33.9 Å². The molecule has 0 unspecified atom stereocenters. The van der Waals surface area contributed by atoms with E-state index >= 15 is 0 Å². The number of non-ortho nitro benzene ring substituents is 1. The van der Waals surface area contributed by atoms with Crippen molar-refractivity contribution < 1.29 is 15.0 Å². The Balaban J connectivity index is 2.06. The van der Waals surface area contributed by atoms with Crippen molar-refractivity contribution in [2.45, 2.75) is 0 Å². The van der Waals surface area contributed by atoms with Crippen molar-refractivity contribution in [3.05, 3.63) is 109 Å². The summed E-state index contributed by atoms with van der Waals surface area (Å²) < 4.78 is 0.816. The smallest absolute Gasteiger partial charge is 0.303 e. The van der Waals surface area contributed by atoms with Gasteiger partial charge in [0, 0.05) is 33.6 Å². The first-order valence-electron chi connectivity index (χ1n) is 9.33. The topological polar surface area (TPSA) is 119 Å². The van der Waals surface area contributed by atoms with Crippen molar-refractivity contribution in [1.82, 2.24) is 4.98 Å². The number of fused-ring (bicyclic) bond motifs is 1. The zero-order valence-electron chi connectivity index (χ0n) is 16.3. The van der Waals surface area contributed by atoms with Gasteiger partial charge in [0.15, 0.2) is 0 Å². The van der Waals surface area contributed by atoms with Crippen LogP contribution in [0.4, 0.5) is 11.4 Å². The van der Waals surface area contributed by atoms with Crippen LogP contribution < -0.4 is 0 Å². The van der Waals surface area contributed by atoms with Crippen LogP contribution in [0, 0.1) is 20.2 Å². The summed E-state index contributed by atoms with van der Waals surface area (Å²) in [6.45, 7) is 0. The van der Waals surface area contributed by atoms with E-state index in [2.05, 4.69) is 20.9 Å². The second kappa shape index (κ2) is 8.56. The fourth-order valence-electron chi connectivity index (χ4n) is 3.39. The molecule has 4 rings (SSSR count). The minimum absolute atomic E-state index is 0.0596. The molecule has 8 nitrogen and oxygen atoms in total.